The van der Waals surface area contributed by atoms with Gasteiger partial charge in [-0.3, -0.25) is 4.79 Å². The van der Waals surface area contributed by atoms with Crippen molar-refractivity contribution in [2.24, 2.45) is 5.92 Å². The highest BCUT2D eigenvalue weighted by Gasteiger charge is 2.13. The number of rotatable bonds is 12. The molecule has 5 nitrogen and oxygen atoms in total. The molecular formula is C24H29FO5. The number of carbonyl (C=O) groups is 2. The normalized spacial score (nSPS) is 11.7. The first-order valence-corrected chi connectivity index (χ1v) is 10.1. The van der Waals surface area contributed by atoms with Gasteiger partial charge in [0.25, 0.3) is 0 Å². The number of hydrogen-bond donors (Lipinski definition) is 0. The van der Waals surface area contributed by atoms with Gasteiger partial charge in [-0.25, -0.2) is 9.18 Å². The third kappa shape index (κ3) is 8.33. The van der Waals surface area contributed by atoms with E-state index in [4.69, 9.17) is 9.47 Å². The first kappa shape index (κ1) is 23.5. The summed E-state index contributed by atoms with van der Waals surface area (Å²) in [7, 11) is 2.75. The van der Waals surface area contributed by atoms with Crippen LogP contribution in [-0.4, -0.2) is 32.8 Å². The van der Waals surface area contributed by atoms with E-state index in [1.807, 2.05) is 18.2 Å². The van der Waals surface area contributed by atoms with Gasteiger partial charge in [0.2, 0.25) is 0 Å². The summed E-state index contributed by atoms with van der Waals surface area (Å²) in [6, 6.07) is 13.7. The predicted octanol–water partition coefficient (Wildman–Crippen LogP) is 4.72. The molecule has 1 unspecified atom stereocenters. The summed E-state index contributed by atoms with van der Waals surface area (Å²) in [4.78, 5) is 22.9. The molecule has 0 bridgehead atoms. The van der Waals surface area contributed by atoms with Crippen LogP contribution in [0, 0.1) is 11.7 Å². The summed E-state index contributed by atoms with van der Waals surface area (Å²) in [6.07, 6.45) is 3.71. The van der Waals surface area contributed by atoms with Crippen molar-refractivity contribution in [3.8, 4) is 0 Å². The molecule has 0 spiro atoms. The van der Waals surface area contributed by atoms with Crippen molar-refractivity contribution in [3.05, 3.63) is 71.0 Å². The SMILES string of the molecule is COC(=O)CCCCC(COCc1cccc(F)c1)Cc1ccc(C(=O)OC)cc1. The lowest BCUT2D eigenvalue weighted by molar-refractivity contribution is -0.140. The van der Waals surface area contributed by atoms with Crippen molar-refractivity contribution in [1.82, 2.24) is 0 Å². The molecule has 0 fully saturated rings. The van der Waals surface area contributed by atoms with Crippen LogP contribution >= 0.6 is 0 Å². The Bertz CT molecular complexity index is 803. The van der Waals surface area contributed by atoms with Crippen LogP contribution in [0.2, 0.25) is 0 Å². The van der Waals surface area contributed by atoms with E-state index in [1.165, 1.54) is 26.4 Å². The van der Waals surface area contributed by atoms with Crippen LogP contribution < -0.4 is 0 Å². The van der Waals surface area contributed by atoms with Crippen LogP contribution in [0.1, 0.15) is 47.2 Å². The maximum absolute atomic E-state index is 13.3. The molecule has 2 aromatic rings. The van der Waals surface area contributed by atoms with E-state index in [0.29, 0.717) is 25.2 Å². The maximum atomic E-state index is 13.3. The van der Waals surface area contributed by atoms with Crippen molar-refractivity contribution in [2.45, 2.75) is 38.7 Å². The molecule has 0 saturated heterocycles. The fourth-order valence-electron chi connectivity index (χ4n) is 3.25. The van der Waals surface area contributed by atoms with E-state index >= 15 is 0 Å². The minimum atomic E-state index is -0.362. The molecule has 30 heavy (non-hydrogen) atoms. The van der Waals surface area contributed by atoms with Gasteiger partial charge in [-0.1, -0.05) is 30.7 Å². The number of halogens is 1. The Kier molecular flexibility index (Phi) is 10.0. The summed E-state index contributed by atoms with van der Waals surface area (Å²) in [5.41, 5.74) is 2.40. The molecule has 1 atom stereocenters. The Morgan fingerprint density at radius 1 is 0.967 bits per heavy atom. The molecule has 6 heteroatoms. The highest BCUT2D eigenvalue weighted by Crippen LogP contribution is 2.19. The molecule has 162 valence electrons. The number of unbranched alkanes of at least 4 members (excludes halogenated alkanes) is 1. The Balaban J connectivity index is 1.91. The lowest BCUT2D eigenvalue weighted by atomic mass is 9.94. The molecule has 0 aliphatic heterocycles. The molecule has 0 aromatic heterocycles. The van der Waals surface area contributed by atoms with Gasteiger partial charge in [0, 0.05) is 6.42 Å². The first-order valence-electron chi connectivity index (χ1n) is 10.1. The molecule has 0 heterocycles. The van der Waals surface area contributed by atoms with Crippen molar-refractivity contribution in [3.63, 3.8) is 0 Å². The highest BCUT2D eigenvalue weighted by atomic mass is 19.1. The number of ether oxygens (including phenoxy) is 3. The van der Waals surface area contributed by atoms with Gasteiger partial charge in [-0.05, 0) is 60.6 Å². The van der Waals surface area contributed by atoms with E-state index in [2.05, 4.69) is 4.74 Å². The van der Waals surface area contributed by atoms with Gasteiger partial charge in [-0.15, -0.1) is 0 Å². The van der Waals surface area contributed by atoms with Gasteiger partial charge in [0.1, 0.15) is 5.82 Å². The Labute approximate surface area is 177 Å². The topological polar surface area (TPSA) is 61.8 Å². The fraction of sp³-hybridized carbons (Fsp3) is 0.417. The van der Waals surface area contributed by atoms with E-state index in [-0.39, 0.29) is 23.7 Å². The van der Waals surface area contributed by atoms with Crippen LogP contribution in [0.15, 0.2) is 48.5 Å². The van der Waals surface area contributed by atoms with Gasteiger partial charge < -0.3 is 14.2 Å². The third-order valence-corrected chi connectivity index (χ3v) is 4.88. The van der Waals surface area contributed by atoms with Gasteiger partial charge in [0.15, 0.2) is 0 Å². The van der Waals surface area contributed by atoms with Crippen LogP contribution in [0.25, 0.3) is 0 Å². The molecule has 0 N–H and O–H groups in total. The summed E-state index contributed by atoms with van der Waals surface area (Å²) in [6.45, 7) is 0.866. The quantitative estimate of drug-likeness (QED) is 0.370. The Morgan fingerprint density at radius 3 is 2.40 bits per heavy atom. The molecule has 0 amide bonds. The zero-order valence-electron chi connectivity index (χ0n) is 17.6. The standard InChI is InChI=1S/C24H29FO5/c1-28-23(26)9-4-3-6-19(16-30-17-20-7-5-8-22(25)15-20)14-18-10-12-21(13-11-18)24(27)29-2/h5,7-8,10-13,15,19H,3-4,6,9,14,16-17H2,1-2H3. The Hall–Kier alpha value is -2.73. The summed E-state index contributed by atoms with van der Waals surface area (Å²) in [5.74, 6) is -0.604. The minimum Gasteiger partial charge on any atom is -0.469 e. The fourth-order valence-corrected chi connectivity index (χ4v) is 3.25. The van der Waals surface area contributed by atoms with Crippen molar-refractivity contribution >= 4 is 11.9 Å². The Morgan fingerprint density at radius 2 is 1.73 bits per heavy atom. The summed E-state index contributed by atoms with van der Waals surface area (Å²) >= 11 is 0. The van der Waals surface area contributed by atoms with Crippen molar-refractivity contribution in [1.29, 1.82) is 0 Å². The lowest BCUT2D eigenvalue weighted by Gasteiger charge is -2.18. The van der Waals surface area contributed by atoms with Crippen molar-refractivity contribution < 1.29 is 28.2 Å². The van der Waals surface area contributed by atoms with E-state index < -0.39 is 0 Å². The van der Waals surface area contributed by atoms with Crippen LogP contribution in [-0.2, 0) is 32.0 Å². The molecule has 2 rings (SSSR count). The molecule has 0 aliphatic carbocycles. The highest BCUT2D eigenvalue weighted by molar-refractivity contribution is 5.89. The van der Waals surface area contributed by atoms with E-state index in [1.54, 1.807) is 18.2 Å². The van der Waals surface area contributed by atoms with Crippen LogP contribution in [0.3, 0.4) is 0 Å². The molecule has 0 aliphatic rings. The molecule has 0 saturated carbocycles. The monoisotopic (exact) mass is 416 g/mol. The zero-order chi connectivity index (χ0) is 21.8. The van der Waals surface area contributed by atoms with Crippen molar-refractivity contribution in [2.75, 3.05) is 20.8 Å². The number of hydrogen-bond acceptors (Lipinski definition) is 5. The van der Waals surface area contributed by atoms with Crippen LogP contribution in [0.4, 0.5) is 4.39 Å². The number of methoxy groups -OCH3 is 2. The van der Waals surface area contributed by atoms with Crippen LogP contribution in [0.5, 0.6) is 0 Å². The first-order chi connectivity index (χ1) is 14.5. The zero-order valence-corrected chi connectivity index (χ0v) is 17.6. The van der Waals surface area contributed by atoms with Gasteiger partial charge in [0.05, 0.1) is 33.0 Å². The average molecular weight is 416 g/mol. The molecular weight excluding hydrogens is 387 g/mol. The maximum Gasteiger partial charge on any atom is 0.337 e. The van der Waals surface area contributed by atoms with Gasteiger partial charge in [-0.2, -0.15) is 0 Å². The number of carbonyl (C=O) groups excluding carboxylic acids is 2. The number of esters is 2. The molecule has 2 aromatic carbocycles. The van der Waals surface area contributed by atoms with Gasteiger partial charge >= 0.3 is 11.9 Å². The van der Waals surface area contributed by atoms with E-state index in [9.17, 15) is 14.0 Å². The average Bonchev–Trinajstić information content (AvgIpc) is 2.76. The summed E-state index contributed by atoms with van der Waals surface area (Å²) < 4.78 is 28.6. The predicted molar refractivity (Wildman–Crippen MR) is 112 cm³/mol. The second-order valence-electron chi connectivity index (χ2n) is 7.23. The number of benzene rings is 2. The molecule has 0 radical (unpaired) electrons. The lowest BCUT2D eigenvalue weighted by Crippen LogP contribution is -2.14. The smallest absolute Gasteiger partial charge is 0.337 e. The minimum absolute atomic E-state index is 0.202. The second kappa shape index (κ2) is 12.8. The third-order valence-electron chi connectivity index (χ3n) is 4.88. The largest absolute Gasteiger partial charge is 0.469 e. The summed E-state index contributed by atoms with van der Waals surface area (Å²) in [5, 5.41) is 0. The second-order valence-corrected chi connectivity index (χ2v) is 7.23. The van der Waals surface area contributed by atoms with E-state index in [0.717, 1.165) is 36.8 Å².